The van der Waals surface area contributed by atoms with Crippen LogP contribution in [0.2, 0.25) is 0 Å². The smallest absolute Gasteiger partial charge is 0.282 e. The van der Waals surface area contributed by atoms with Crippen LogP contribution < -0.4 is 5.32 Å². The van der Waals surface area contributed by atoms with Gasteiger partial charge in [0.05, 0.1) is 9.85 Å². The molecule has 0 saturated heterocycles. The third kappa shape index (κ3) is 3.06. The molecule has 1 amide bonds. The van der Waals surface area contributed by atoms with Gasteiger partial charge in [0, 0.05) is 23.9 Å². The van der Waals surface area contributed by atoms with Crippen molar-refractivity contribution < 1.29 is 14.6 Å². The van der Waals surface area contributed by atoms with Crippen LogP contribution in [-0.4, -0.2) is 15.8 Å². The summed E-state index contributed by atoms with van der Waals surface area (Å²) in [6, 6.07) is 9.51. The maximum Gasteiger partial charge on any atom is 0.282 e. The van der Waals surface area contributed by atoms with Gasteiger partial charge >= 0.3 is 0 Å². The maximum atomic E-state index is 12.2. The van der Waals surface area contributed by atoms with Crippen LogP contribution in [0, 0.1) is 27.2 Å². The van der Waals surface area contributed by atoms with Crippen LogP contribution in [0.25, 0.3) is 0 Å². The lowest BCUT2D eigenvalue weighted by Crippen LogP contribution is -2.14. The number of non-ortho nitro benzene ring substituents is 1. The quantitative estimate of drug-likeness (QED) is 0.688. The Labute approximate surface area is 124 Å². The van der Waals surface area contributed by atoms with E-state index in [-0.39, 0.29) is 16.9 Å². The minimum Gasteiger partial charge on any atom is -0.322 e. The first kappa shape index (κ1) is 15.1. The first-order valence-corrected chi connectivity index (χ1v) is 6.20. The summed E-state index contributed by atoms with van der Waals surface area (Å²) in [5.41, 5.74) is 0.362. The fraction of sp³-hybridized carbons (Fsp3) is 0.0714. The number of nitro groups is 2. The summed E-state index contributed by atoms with van der Waals surface area (Å²) < 4.78 is 0. The Kier molecular flexibility index (Phi) is 4.12. The van der Waals surface area contributed by atoms with E-state index in [1.54, 1.807) is 6.92 Å². The van der Waals surface area contributed by atoms with Crippen molar-refractivity contribution in [2.24, 2.45) is 0 Å². The Hall–Kier alpha value is -3.29. The Morgan fingerprint density at radius 1 is 1.05 bits per heavy atom. The van der Waals surface area contributed by atoms with Crippen LogP contribution in [0.1, 0.15) is 15.9 Å². The van der Waals surface area contributed by atoms with E-state index >= 15 is 0 Å². The average molecular weight is 301 g/mol. The molecule has 22 heavy (non-hydrogen) atoms. The van der Waals surface area contributed by atoms with E-state index in [2.05, 4.69) is 5.32 Å². The van der Waals surface area contributed by atoms with Crippen molar-refractivity contribution in [1.82, 2.24) is 0 Å². The lowest BCUT2D eigenvalue weighted by molar-refractivity contribution is -0.385. The number of nitrogens with zero attached hydrogens (tertiary/aromatic N) is 2. The normalized spacial score (nSPS) is 10.0. The van der Waals surface area contributed by atoms with Crippen LogP contribution >= 0.6 is 0 Å². The number of para-hydroxylation sites is 1. The predicted octanol–water partition coefficient (Wildman–Crippen LogP) is 3.06. The highest BCUT2D eigenvalue weighted by Gasteiger charge is 2.20. The van der Waals surface area contributed by atoms with Gasteiger partial charge in [0.15, 0.2) is 0 Å². The number of hydrogen-bond acceptors (Lipinski definition) is 5. The summed E-state index contributed by atoms with van der Waals surface area (Å²) in [4.78, 5) is 32.6. The van der Waals surface area contributed by atoms with Gasteiger partial charge in [0.2, 0.25) is 0 Å². The van der Waals surface area contributed by atoms with Gasteiger partial charge in [0.25, 0.3) is 17.3 Å². The van der Waals surface area contributed by atoms with E-state index in [1.165, 1.54) is 42.5 Å². The van der Waals surface area contributed by atoms with Crippen molar-refractivity contribution in [2.75, 3.05) is 5.32 Å². The number of nitrogens with one attached hydrogen (secondary N) is 1. The molecular weight excluding hydrogens is 290 g/mol. The highest BCUT2D eigenvalue weighted by molar-refractivity contribution is 6.07. The van der Waals surface area contributed by atoms with Crippen LogP contribution in [-0.2, 0) is 0 Å². The minimum absolute atomic E-state index is 0.0785. The lowest BCUT2D eigenvalue weighted by atomic mass is 10.1. The molecule has 8 nitrogen and oxygen atoms in total. The van der Waals surface area contributed by atoms with Crippen molar-refractivity contribution in [3.05, 3.63) is 73.8 Å². The number of hydrogen-bond donors (Lipinski definition) is 1. The molecule has 2 rings (SSSR count). The van der Waals surface area contributed by atoms with Gasteiger partial charge in [-0.15, -0.1) is 0 Å². The number of carbonyl (C=O) groups is 1. The van der Waals surface area contributed by atoms with Crippen molar-refractivity contribution in [1.29, 1.82) is 0 Å². The lowest BCUT2D eigenvalue weighted by Gasteiger charge is -2.08. The summed E-state index contributed by atoms with van der Waals surface area (Å²) in [7, 11) is 0. The van der Waals surface area contributed by atoms with Crippen LogP contribution in [0.4, 0.5) is 17.1 Å². The highest BCUT2D eigenvalue weighted by Crippen LogP contribution is 2.23. The molecule has 2 aromatic rings. The topological polar surface area (TPSA) is 115 Å². The zero-order valence-corrected chi connectivity index (χ0v) is 11.5. The average Bonchev–Trinajstić information content (AvgIpc) is 2.48. The Bertz CT molecular complexity index is 773. The molecule has 0 radical (unpaired) electrons. The summed E-state index contributed by atoms with van der Waals surface area (Å²) in [6.07, 6.45) is 0. The molecular formula is C14H11N3O5. The van der Waals surface area contributed by atoms with Crippen LogP contribution in [0.5, 0.6) is 0 Å². The summed E-state index contributed by atoms with van der Waals surface area (Å²) in [5.74, 6) is -0.649. The Morgan fingerprint density at radius 2 is 1.73 bits per heavy atom. The number of aryl methyl sites for hydroxylation is 1. The first-order chi connectivity index (χ1) is 10.4. The first-order valence-electron chi connectivity index (χ1n) is 6.20. The van der Waals surface area contributed by atoms with E-state index in [1.807, 2.05) is 0 Å². The molecule has 2 aromatic carbocycles. The molecule has 0 atom stereocenters. The fourth-order valence-electron chi connectivity index (χ4n) is 1.92. The van der Waals surface area contributed by atoms with E-state index in [0.717, 1.165) is 0 Å². The Morgan fingerprint density at radius 3 is 2.32 bits per heavy atom. The number of carbonyl (C=O) groups excluding carboxylic acids is 1. The predicted molar refractivity (Wildman–Crippen MR) is 78.9 cm³/mol. The molecule has 112 valence electrons. The van der Waals surface area contributed by atoms with Crippen LogP contribution in [0.3, 0.4) is 0 Å². The number of nitro benzene ring substituents is 2. The van der Waals surface area contributed by atoms with E-state index in [4.69, 9.17) is 0 Å². The van der Waals surface area contributed by atoms with Gasteiger partial charge < -0.3 is 5.32 Å². The van der Waals surface area contributed by atoms with Gasteiger partial charge in [-0.05, 0) is 24.6 Å². The molecule has 0 saturated carbocycles. The second-order valence-corrected chi connectivity index (χ2v) is 4.48. The second kappa shape index (κ2) is 6.00. The molecule has 0 aliphatic carbocycles. The van der Waals surface area contributed by atoms with Crippen molar-refractivity contribution >= 4 is 23.0 Å². The molecule has 0 fully saturated rings. The fourth-order valence-corrected chi connectivity index (χ4v) is 1.92. The van der Waals surface area contributed by atoms with E-state index in [0.29, 0.717) is 11.3 Å². The van der Waals surface area contributed by atoms with Crippen molar-refractivity contribution in [3.63, 3.8) is 0 Å². The summed E-state index contributed by atoms with van der Waals surface area (Å²) in [6.45, 7) is 1.60. The Balaban J connectivity index is 2.30. The molecule has 0 aliphatic rings. The molecule has 0 spiro atoms. The minimum atomic E-state index is -0.649. The number of amides is 1. The van der Waals surface area contributed by atoms with E-state index < -0.39 is 15.8 Å². The molecule has 0 aliphatic heterocycles. The van der Waals surface area contributed by atoms with E-state index in [9.17, 15) is 25.0 Å². The molecule has 1 N–H and O–H groups in total. The monoisotopic (exact) mass is 301 g/mol. The van der Waals surface area contributed by atoms with Gasteiger partial charge in [-0.25, -0.2) is 0 Å². The third-order valence-corrected chi connectivity index (χ3v) is 3.01. The van der Waals surface area contributed by atoms with Crippen molar-refractivity contribution in [2.45, 2.75) is 6.92 Å². The zero-order valence-electron chi connectivity index (χ0n) is 11.5. The largest absolute Gasteiger partial charge is 0.322 e. The molecule has 0 bridgehead atoms. The standard InChI is InChI=1S/C14H11N3O5/c1-9-8-10(16(19)20)6-7-12(9)15-14(18)11-4-2-3-5-13(11)17(21)22/h2-8H,1H3,(H,15,18). The summed E-state index contributed by atoms with van der Waals surface area (Å²) >= 11 is 0. The highest BCUT2D eigenvalue weighted by atomic mass is 16.6. The maximum absolute atomic E-state index is 12.2. The van der Waals surface area contributed by atoms with Gasteiger partial charge in [-0.3, -0.25) is 25.0 Å². The van der Waals surface area contributed by atoms with Crippen molar-refractivity contribution in [3.8, 4) is 0 Å². The van der Waals surface area contributed by atoms with Gasteiger partial charge in [0.1, 0.15) is 5.56 Å². The molecule has 0 aromatic heterocycles. The number of benzene rings is 2. The summed E-state index contributed by atoms with van der Waals surface area (Å²) in [5, 5.41) is 24.1. The van der Waals surface area contributed by atoms with Gasteiger partial charge in [-0.2, -0.15) is 0 Å². The number of rotatable bonds is 4. The molecule has 0 heterocycles. The van der Waals surface area contributed by atoms with Crippen LogP contribution in [0.15, 0.2) is 42.5 Å². The second-order valence-electron chi connectivity index (χ2n) is 4.48. The number of anilines is 1. The molecule has 0 unspecified atom stereocenters. The van der Waals surface area contributed by atoms with Gasteiger partial charge in [-0.1, -0.05) is 12.1 Å². The zero-order chi connectivity index (χ0) is 16.3. The third-order valence-electron chi connectivity index (χ3n) is 3.01. The molecule has 8 heteroatoms. The SMILES string of the molecule is Cc1cc([N+](=O)[O-])ccc1NC(=O)c1ccccc1[N+](=O)[O-].